The first-order valence-corrected chi connectivity index (χ1v) is 12.1. The van der Waals surface area contributed by atoms with Crippen LogP contribution in [0.4, 0.5) is 4.39 Å². The van der Waals surface area contributed by atoms with Crippen LogP contribution >= 0.6 is 0 Å². The summed E-state index contributed by atoms with van der Waals surface area (Å²) in [6.07, 6.45) is 7.04. The molecule has 9 heteroatoms. The van der Waals surface area contributed by atoms with Crippen molar-refractivity contribution in [2.45, 2.75) is 44.6 Å². The Hall–Kier alpha value is -3.75. The van der Waals surface area contributed by atoms with Crippen molar-refractivity contribution in [2.75, 3.05) is 13.7 Å². The van der Waals surface area contributed by atoms with Gasteiger partial charge in [0.2, 0.25) is 11.8 Å². The molecule has 8 nitrogen and oxygen atoms in total. The molecule has 0 spiro atoms. The van der Waals surface area contributed by atoms with Crippen LogP contribution in [-0.4, -0.2) is 39.7 Å². The van der Waals surface area contributed by atoms with Gasteiger partial charge in [0.05, 0.1) is 32.5 Å². The monoisotopic (exact) mass is 493 g/mol. The molecule has 36 heavy (non-hydrogen) atoms. The molecule has 0 amide bonds. The van der Waals surface area contributed by atoms with Gasteiger partial charge >= 0.3 is 5.97 Å². The molecule has 2 saturated carbocycles. The number of hydrogen-bond donors (Lipinski definition) is 1. The van der Waals surface area contributed by atoms with E-state index in [0.717, 1.165) is 37.4 Å². The first-order valence-electron chi connectivity index (χ1n) is 12.1. The number of hydrogen-bond acceptors (Lipinski definition) is 7. The van der Waals surface area contributed by atoms with Crippen LogP contribution < -0.4 is 14.2 Å². The highest BCUT2D eigenvalue weighted by Crippen LogP contribution is 2.45. The van der Waals surface area contributed by atoms with Crippen molar-refractivity contribution in [1.82, 2.24) is 15.0 Å². The van der Waals surface area contributed by atoms with E-state index in [2.05, 4.69) is 15.0 Å². The Morgan fingerprint density at radius 2 is 1.97 bits per heavy atom. The fourth-order valence-corrected chi connectivity index (χ4v) is 4.19. The quantitative estimate of drug-likeness (QED) is 0.375. The van der Waals surface area contributed by atoms with Crippen LogP contribution in [0.5, 0.6) is 17.5 Å². The summed E-state index contributed by atoms with van der Waals surface area (Å²) < 4.78 is 31.7. The summed E-state index contributed by atoms with van der Waals surface area (Å²) >= 11 is 0. The average molecular weight is 494 g/mol. The smallest absolute Gasteiger partial charge is 0.303 e. The molecule has 0 aliphatic heterocycles. The highest BCUT2D eigenvalue weighted by molar-refractivity contribution is 5.68. The van der Waals surface area contributed by atoms with Crippen LogP contribution in [0, 0.1) is 17.7 Å². The first kappa shape index (κ1) is 24.0. The van der Waals surface area contributed by atoms with Crippen molar-refractivity contribution in [3.8, 4) is 28.8 Å². The van der Waals surface area contributed by atoms with Gasteiger partial charge in [-0.05, 0) is 61.1 Å². The fraction of sp³-hybridized carbons (Fsp3) is 0.407. The van der Waals surface area contributed by atoms with Crippen LogP contribution in [0.1, 0.15) is 49.3 Å². The third kappa shape index (κ3) is 5.90. The molecule has 5 rings (SSSR count). The minimum Gasteiger partial charge on any atom is -0.487 e. The van der Waals surface area contributed by atoms with E-state index in [1.165, 1.54) is 19.4 Å². The summed E-state index contributed by atoms with van der Waals surface area (Å²) in [5.41, 5.74) is 1.97. The number of halogens is 1. The van der Waals surface area contributed by atoms with E-state index in [1.54, 1.807) is 0 Å². The molecule has 2 fully saturated rings. The van der Waals surface area contributed by atoms with Crippen molar-refractivity contribution in [3.05, 3.63) is 59.8 Å². The van der Waals surface area contributed by atoms with Gasteiger partial charge < -0.3 is 19.3 Å². The molecule has 2 aromatic heterocycles. The van der Waals surface area contributed by atoms with Crippen LogP contribution in [0.2, 0.25) is 0 Å². The van der Waals surface area contributed by atoms with E-state index in [9.17, 15) is 14.3 Å². The summed E-state index contributed by atoms with van der Waals surface area (Å²) in [6, 6.07) is 9.03. The predicted octanol–water partition coefficient (Wildman–Crippen LogP) is 5.02. The van der Waals surface area contributed by atoms with Gasteiger partial charge in [-0.25, -0.2) is 19.3 Å². The normalized spacial score (nSPS) is 15.8. The lowest BCUT2D eigenvalue weighted by atomic mass is 9.91. The number of aromatic nitrogens is 3. The number of nitrogens with zero attached hydrogens (tertiary/aromatic N) is 3. The Morgan fingerprint density at radius 3 is 2.69 bits per heavy atom. The van der Waals surface area contributed by atoms with Crippen molar-refractivity contribution in [1.29, 1.82) is 0 Å². The highest BCUT2D eigenvalue weighted by atomic mass is 19.1. The summed E-state index contributed by atoms with van der Waals surface area (Å²) in [4.78, 5) is 24.3. The third-order valence-electron chi connectivity index (χ3n) is 6.50. The molecular weight excluding hydrogens is 465 g/mol. The molecule has 2 aliphatic carbocycles. The van der Waals surface area contributed by atoms with Gasteiger partial charge in [-0.2, -0.15) is 0 Å². The van der Waals surface area contributed by atoms with E-state index in [1.807, 2.05) is 24.3 Å². The van der Waals surface area contributed by atoms with Crippen LogP contribution in [0.3, 0.4) is 0 Å². The zero-order chi connectivity index (χ0) is 25.1. The van der Waals surface area contributed by atoms with E-state index >= 15 is 0 Å². The van der Waals surface area contributed by atoms with Gasteiger partial charge in [-0.3, -0.25) is 4.79 Å². The molecular formula is C27H28FN3O5. The minimum atomic E-state index is -0.796. The number of ether oxygens (including phenoxy) is 3. The fourth-order valence-electron chi connectivity index (χ4n) is 4.19. The largest absolute Gasteiger partial charge is 0.487 e. The lowest BCUT2D eigenvalue weighted by Gasteiger charge is -2.16. The maximum atomic E-state index is 14.6. The first-order chi connectivity index (χ1) is 17.5. The van der Waals surface area contributed by atoms with Gasteiger partial charge in [0, 0.05) is 11.6 Å². The SMILES string of the molecule is COc1cc(-c2ncc(COc3cccc(C(CC(=O)O)C4CC4)c3)nc2OCC2CC2)c(F)cn1. The Labute approximate surface area is 208 Å². The molecule has 1 aromatic carbocycles. The summed E-state index contributed by atoms with van der Waals surface area (Å²) in [6.45, 7) is 0.621. The van der Waals surface area contributed by atoms with Gasteiger partial charge in [-0.1, -0.05) is 12.1 Å². The number of benzene rings is 1. The number of rotatable bonds is 12. The number of aliphatic carboxylic acids is 1. The molecule has 1 atom stereocenters. The second-order valence-electron chi connectivity index (χ2n) is 9.38. The van der Waals surface area contributed by atoms with Gasteiger partial charge in [0.15, 0.2) is 5.82 Å². The van der Waals surface area contributed by atoms with Crippen molar-refractivity contribution < 1.29 is 28.5 Å². The topological polar surface area (TPSA) is 104 Å². The van der Waals surface area contributed by atoms with Gasteiger partial charge in [0.25, 0.3) is 0 Å². The van der Waals surface area contributed by atoms with Crippen LogP contribution in [0.25, 0.3) is 11.3 Å². The lowest BCUT2D eigenvalue weighted by Crippen LogP contribution is -2.09. The van der Waals surface area contributed by atoms with E-state index in [4.69, 9.17) is 14.2 Å². The average Bonchev–Trinajstić information content (AvgIpc) is 3.80. The van der Waals surface area contributed by atoms with E-state index < -0.39 is 11.8 Å². The Morgan fingerprint density at radius 1 is 1.14 bits per heavy atom. The summed E-state index contributed by atoms with van der Waals surface area (Å²) in [5.74, 6) is 0.654. The maximum absolute atomic E-state index is 14.6. The molecule has 0 bridgehead atoms. The molecule has 0 saturated heterocycles. The van der Waals surface area contributed by atoms with E-state index in [-0.39, 0.29) is 42.0 Å². The zero-order valence-corrected chi connectivity index (χ0v) is 20.0. The van der Waals surface area contributed by atoms with Gasteiger partial charge in [0.1, 0.15) is 23.7 Å². The Balaban J connectivity index is 1.35. The van der Waals surface area contributed by atoms with Crippen molar-refractivity contribution in [3.63, 3.8) is 0 Å². The summed E-state index contributed by atoms with van der Waals surface area (Å²) in [7, 11) is 1.46. The summed E-state index contributed by atoms with van der Waals surface area (Å²) in [5, 5.41) is 9.31. The number of methoxy groups -OCH3 is 1. The molecule has 3 aromatic rings. The number of pyridine rings is 1. The zero-order valence-electron chi connectivity index (χ0n) is 20.0. The minimum absolute atomic E-state index is 0.0141. The number of carboxylic acid groups (broad SMARTS) is 1. The molecule has 2 aliphatic rings. The number of carboxylic acids is 1. The van der Waals surface area contributed by atoms with Gasteiger partial charge in [-0.15, -0.1) is 0 Å². The maximum Gasteiger partial charge on any atom is 0.303 e. The predicted molar refractivity (Wildman–Crippen MR) is 128 cm³/mol. The molecule has 2 heterocycles. The highest BCUT2D eigenvalue weighted by Gasteiger charge is 2.34. The van der Waals surface area contributed by atoms with Crippen molar-refractivity contribution in [2.24, 2.45) is 11.8 Å². The van der Waals surface area contributed by atoms with Crippen LogP contribution in [-0.2, 0) is 11.4 Å². The molecule has 188 valence electrons. The second-order valence-corrected chi connectivity index (χ2v) is 9.38. The molecule has 0 radical (unpaired) electrons. The second kappa shape index (κ2) is 10.5. The Bertz CT molecular complexity index is 1250. The van der Waals surface area contributed by atoms with Crippen LogP contribution in [0.15, 0.2) is 42.7 Å². The lowest BCUT2D eigenvalue weighted by molar-refractivity contribution is -0.137. The third-order valence-corrected chi connectivity index (χ3v) is 6.50. The Kier molecular flexibility index (Phi) is 6.97. The standard InChI is InChI=1S/C27H28FN3O5/c1-34-24-10-22(23(28)13-29-24)26-27(36-14-16-5-6-16)31-19(12-30-26)15-35-20-4-2-3-18(9-20)21(11-25(32)33)17-7-8-17/h2-4,9-10,12-13,16-17,21H,5-8,11,14-15H2,1H3,(H,32,33). The molecule has 1 unspecified atom stereocenters. The van der Waals surface area contributed by atoms with Crippen molar-refractivity contribution >= 4 is 5.97 Å². The number of carbonyl (C=O) groups is 1. The van der Waals surface area contributed by atoms with E-state index in [0.29, 0.717) is 29.9 Å². The molecule has 1 N–H and O–H groups in total.